The van der Waals surface area contributed by atoms with Gasteiger partial charge in [-0.05, 0) is 25.7 Å². The number of carbonyl (C=O) groups is 3. The van der Waals surface area contributed by atoms with E-state index in [2.05, 4.69) is 16.0 Å². The van der Waals surface area contributed by atoms with Crippen LogP contribution in [0.2, 0.25) is 18.1 Å². The fourth-order valence-corrected chi connectivity index (χ4v) is 9.56. The van der Waals surface area contributed by atoms with Crippen molar-refractivity contribution in [1.29, 1.82) is 0 Å². The lowest BCUT2D eigenvalue weighted by Crippen LogP contribution is -2.44. The maximum Gasteiger partial charge on any atom is 0.500 e. The smallest absolute Gasteiger partial charge is 0.449 e. The first-order valence-electron chi connectivity index (χ1n) is 15.6. The number of nitrogens with one attached hydrogen (secondary N) is 3. The first-order chi connectivity index (χ1) is 22.9. The van der Waals surface area contributed by atoms with E-state index in [1.54, 1.807) is 0 Å². The molecule has 21 heteroatoms. The highest BCUT2D eigenvalue weighted by atomic mass is 28.4. The van der Waals surface area contributed by atoms with Crippen molar-refractivity contribution in [3.05, 3.63) is 0 Å². The third kappa shape index (κ3) is 16.7. The highest BCUT2D eigenvalue weighted by Gasteiger charge is 2.39. The third-order valence-electron chi connectivity index (χ3n) is 7.86. The Kier molecular flexibility index (Phi) is 24.1. The molecule has 0 heterocycles. The van der Waals surface area contributed by atoms with Gasteiger partial charge >= 0.3 is 44.7 Å². The minimum Gasteiger partial charge on any atom is -0.449 e. The van der Waals surface area contributed by atoms with E-state index in [1.165, 1.54) is 64.0 Å². The molecule has 3 N–H and O–H groups in total. The number of amides is 3. The number of rotatable bonds is 28. The Hall–Kier alpha value is -1.90. The van der Waals surface area contributed by atoms with Crippen molar-refractivity contribution in [2.45, 2.75) is 50.7 Å². The highest BCUT2D eigenvalue weighted by molar-refractivity contribution is 6.61. The van der Waals surface area contributed by atoms with Gasteiger partial charge in [-0.1, -0.05) is 6.92 Å². The zero-order chi connectivity index (χ0) is 36.5. The van der Waals surface area contributed by atoms with Gasteiger partial charge in [-0.3, -0.25) is 0 Å². The molecule has 0 aliphatic heterocycles. The molecule has 0 aliphatic rings. The highest BCUT2D eigenvalue weighted by Crippen LogP contribution is 2.25. The molecule has 0 aromatic rings. The summed E-state index contributed by atoms with van der Waals surface area (Å²) in [4.78, 5) is 37.7. The second-order valence-corrected chi connectivity index (χ2v) is 19.8. The molecule has 284 valence electrons. The summed E-state index contributed by atoms with van der Waals surface area (Å²) in [7, 11) is 5.31. The molecule has 18 nitrogen and oxygen atoms in total. The number of hydrogen-bond donors (Lipinski definition) is 3. The first-order valence-corrected chi connectivity index (χ1v) is 21.4. The minimum absolute atomic E-state index is 0.198. The zero-order valence-electron chi connectivity index (χ0n) is 30.3. The number of alkyl carbamates (subject to hydrolysis) is 3. The average Bonchev–Trinajstić information content (AvgIpc) is 3.12. The van der Waals surface area contributed by atoms with Gasteiger partial charge in [0.05, 0.1) is 5.41 Å². The van der Waals surface area contributed by atoms with Crippen LogP contribution in [0.4, 0.5) is 14.4 Å². The molecule has 0 saturated heterocycles. The Morgan fingerprint density at radius 2 is 0.688 bits per heavy atom. The molecule has 0 spiro atoms. The molecule has 0 rings (SSSR count). The van der Waals surface area contributed by atoms with E-state index in [9.17, 15) is 14.4 Å². The first kappa shape index (κ1) is 46.1. The molecule has 0 saturated carbocycles. The summed E-state index contributed by atoms with van der Waals surface area (Å²) in [5.74, 6) is 0. The molecule has 0 aliphatic carbocycles. The maximum atomic E-state index is 12.6. The van der Waals surface area contributed by atoms with Crippen molar-refractivity contribution in [3.8, 4) is 0 Å². The van der Waals surface area contributed by atoms with Crippen LogP contribution in [0.25, 0.3) is 0 Å². The van der Waals surface area contributed by atoms with Crippen LogP contribution in [0.1, 0.15) is 32.6 Å². The van der Waals surface area contributed by atoms with Crippen LogP contribution < -0.4 is 16.0 Å². The summed E-state index contributed by atoms with van der Waals surface area (Å²) in [6.07, 6.45) is -0.158. The van der Waals surface area contributed by atoms with E-state index in [-0.39, 0.29) is 39.5 Å². The summed E-state index contributed by atoms with van der Waals surface area (Å²) in [6, 6.07) is 1.45. The van der Waals surface area contributed by atoms with Crippen LogP contribution in [0.5, 0.6) is 0 Å². The van der Waals surface area contributed by atoms with E-state index in [4.69, 9.17) is 54.0 Å². The lowest BCUT2D eigenvalue weighted by molar-refractivity contribution is -0.0175. The molecule has 0 unspecified atom stereocenters. The fourth-order valence-electron chi connectivity index (χ4n) is 4.39. The van der Waals surface area contributed by atoms with Gasteiger partial charge in [-0.25, -0.2) is 14.4 Å². The molecule has 0 aromatic heterocycles. The van der Waals surface area contributed by atoms with Crippen molar-refractivity contribution in [3.63, 3.8) is 0 Å². The Labute approximate surface area is 288 Å². The Morgan fingerprint density at radius 3 is 0.875 bits per heavy atom. The summed E-state index contributed by atoms with van der Waals surface area (Å²) in [5.41, 5.74) is -1.04. The molecule has 0 atom stereocenters. The largest absolute Gasteiger partial charge is 0.500 e. The third-order valence-corrected chi connectivity index (χ3v) is 16.4. The van der Waals surface area contributed by atoms with Crippen molar-refractivity contribution >= 4 is 44.7 Å². The maximum absolute atomic E-state index is 12.6. The van der Waals surface area contributed by atoms with E-state index < -0.39 is 50.1 Å². The van der Waals surface area contributed by atoms with Crippen molar-refractivity contribution in [2.75, 3.05) is 103 Å². The Balaban J connectivity index is 5.22. The number of hydrogen-bond acceptors (Lipinski definition) is 15. The summed E-state index contributed by atoms with van der Waals surface area (Å²) >= 11 is 0. The molecule has 0 aromatic carbocycles. The Morgan fingerprint density at radius 1 is 0.458 bits per heavy atom. The standard InChI is InChI=1S/C27H59N3O15Si3/c1-11-27(21-43-24(31)28-15-12-18-46(34-2,35-3)36-4,22-44-25(32)29-16-13-19-47(37-5,38-6)39-7)23-45-26(33)30-17-14-20-48(40-8,41-9)42-10/h11-23H2,1-10H3,(H,28,31)(H,29,32)(H,30,33). The molecule has 48 heavy (non-hydrogen) atoms. The fraction of sp³-hybridized carbons (Fsp3) is 0.889. The van der Waals surface area contributed by atoms with Crippen molar-refractivity contribution < 1.29 is 68.4 Å². The van der Waals surface area contributed by atoms with Crippen molar-refractivity contribution in [2.24, 2.45) is 5.41 Å². The lowest BCUT2D eigenvalue weighted by atomic mass is 9.88. The molecular weight excluding hydrogens is 691 g/mol. The van der Waals surface area contributed by atoms with Crippen molar-refractivity contribution in [1.82, 2.24) is 16.0 Å². The SMILES string of the molecule is CCC(COC(=O)NCCC[Si](OC)(OC)OC)(COC(=O)NCCC[Si](OC)(OC)OC)COC(=O)NCCC[Si](OC)(OC)OC. The van der Waals surface area contributed by atoms with Gasteiger partial charge in [0.2, 0.25) is 0 Å². The van der Waals surface area contributed by atoms with Gasteiger partial charge in [0, 0.05) is 102 Å². The van der Waals surface area contributed by atoms with Crippen LogP contribution in [0, 0.1) is 5.41 Å². The number of ether oxygens (including phenoxy) is 3. The molecule has 0 radical (unpaired) electrons. The topological polar surface area (TPSA) is 198 Å². The summed E-state index contributed by atoms with van der Waals surface area (Å²) < 4.78 is 65.0. The number of carbonyl (C=O) groups excluding carboxylic acids is 3. The van der Waals surface area contributed by atoms with Gasteiger partial charge < -0.3 is 70.0 Å². The van der Waals surface area contributed by atoms with Gasteiger partial charge in [-0.2, -0.15) is 0 Å². The van der Waals surface area contributed by atoms with Crippen LogP contribution in [-0.2, 0) is 54.0 Å². The van der Waals surface area contributed by atoms with Crippen LogP contribution in [0.15, 0.2) is 0 Å². The van der Waals surface area contributed by atoms with E-state index >= 15 is 0 Å². The second-order valence-electron chi connectivity index (χ2n) is 10.6. The predicted molar refractivity (Wildman–Crippen MR) is 179 cm³/mol. The molecule has 3 amide bonds. The monoisotopic (exact) mass is 749 g/mol. The lowest BCUT2D eigenvalue weighted by Gasteiger charge is -2.31. The van der Waals surface area contributed by atoms with E-state index in [0.29, 0.717) is 43.8 Å². The molecular formula is C27H59N3O15Si3. The van der Waals surface area contributed by atoms with Gasteiger partial charge in [0.15, 0.2) is 0 Å². The normalized spacial score (nSPS) is 12.4. The molecule has 0 fully saturated rings. The second kappa shape index (κ2) is 25.1. The summed E-state index contributed by atoms with van der Waals surface area (Å²) in [6.45, 7) is 2.04. The zero-order valence-corrected chi connectivity index (χ0v) is 33.3. The molecule has 0 bridgehead atoms. The van der Waals surface area contributed by atoms with E-state index in [0.717, 1.165) is 0 Å². The van der Waals surface area contributed by atoms with Gasteiger partial charge in [-0.15, -0.1) is 0 Å². The van der Waals surface area contributed by atoms with Gasteiger partial charge in [0.25, 0.3) is 0 Å². The van der Waals surface area contributed by atoms with Gasteiger partial charge in [0.1, 0.15) is 19.8 Å². The van der Waals surface area contributed by atoms with Crippen LogP contribution >= 0.6 is 0 Å². The minimum atomic E-state index is -2.78. The summed E-state index contributed by atoms with van der Waals surface area (Å²) in [5, 5.41) is 8.02. The van der Waals surface area contributed by atoms with E-state index in [1.807, 2.05) is 6.92 Å². The predicted octanol–water partition coefficient (Wildman–Crippen LogP) is 2.37. The Bertz CT molecular complexity index is 766. The van der Waals surface area contributed by atoms with Crippen LogP contribution in [0.3, 0.4) is 0 Å². The van der Waals surface area contributed by atoms with Crippen LogP contribution in [-0.4, -0.2) is 148 Å². The average molecular weight is 750 g/mol. The quantitative estimate of drug-likeness (QED) is 0.0598.